The molecule has 8 heteroatoms. The predicted octanol–water partition coefficient (Wildman–Crippen LogP) is 3.20. The lowest BCUT2D eigenvalue weighted by atomic mass is 10.2. The van der Waals surface area contributed by atoms with Gasteiger partial charge < -0.3 is 10.1 Å². The van der Waals surface area contributed by atoms with E-state index in [1.807, 2.05) is 0 Å². The number of nitrogens with zero attached hydrogens (tertiary/aromatic N) is 1. The average Bonchev–Trinajstić information content (AvgIpc) is 2.44. The summed E-state index contributed by atoms with van der Waals surface area (Å²) in [6.45, 7) is 1.14. The van der Waals surface area contributed by atoms with Gasteiger partial charge in [0.15, 0.2) is 12.4 Å². The fourth-order valence-corrected chi connectivity index (χ4v) is 1.86. The number of hydrogen-bond donors (Lipinski definition) is 1. The molecule has 0 saturated carbocycles. The third-order valence-electron chi connectivity index (χ3n) is 2.82. The molecule has 0 fully saturated rings. The maximum atomic E-state index is 13.0. The fourth-order valence-electron chi connectivity index (χ4n) is 1.86. The van der Waals surface area contributed by atoms with Crippen molar-refractivity contribution in [2.45, 2.75) is 6.92 Å². The predicted molar refractivity (Wildman–Crippen MR) is 78.3 cm³/mol. The average molecular weight is 322 g/mol. The van der Waals surface area contributed by atoms with Gasteiger partial charge in [0, 0.05) is 17.8 Å². The largest absolute Gasteiger partial charge is 0.477 e. The van der Waals surface area contributed by atoms with Gasteiger partial charge in [0.05, 0.1) is 4.92 Å². The Morgan fingerprint density at radius 1 is 1.22 bits per heavy atom. The van der Waals surface area contributed by atoms with Crippen LogP contribution in [0.3, 0.4) is 0 Å². The van der Waals surface area contributed by atoms with Crippen molar-refractivity contribution in [1.82, 2.24) is 0 Å². The second-order valence-corrected chi connectivity index (χ2v) is 4.72. The van der Waals surface area contributed by atoms with Crippen LogP contribution >= 0.6 is 0 Å². The van der Waals surface area contributed by atoms with Crippen LogP contribution in [0.4, 0.5) is 20.2 Å². The van der Waals surface area contributed by atoms with E-state index in [9.17, 15) is 23.7 Å². The molecule has 0 aliphatic carbocycles. The molecule has 0 unspecified atom stereocenters. The van der Waals surface area contributed by atoms with E-state index in [4.69, 9.17) is 4.74 Å². The Hall–Kier alpha value is -3.03. The SMILES string of the molecule is Cc1ccc(OCC(=O)Nc2cc(F)cc(F)c2)c([N+](=O)[O-])c1. The number of carbonyl (C=O) groups is 1. The molecule has 2 rings (SSSR count). The Labute approximate surface area is 129 Å². The molecule has 0 aromatic heterocycles. The summed E-state index contributed by atoms with van der Waals surface area (Å²) in [5, 5.41) is 13.2. The third-order valence-corrected chi connectivity index (χ3v) is 2.82. The fraction of sp³-hybridized carbons (Fsp3) is 0.133. The number of rotatable bonds is 5. The van der Waals surface area contributed by atoms with Gasteiger partial charge in [0.1, 0.15) is 11.6 Å². The van der Waals surface area contributed by atoms with Gasteiger partial charge in [0.25, 0.3) is 5.91 Å². The first kappa shape index (κ1) is 16.3. The molecule has 1 N–H and O–H groups in total. The molecule has 23 heavy (non-hydrogen) atoms. The Balaban J connectivity index is 2.03. The van der Waals surface area contributed by atoms with E-state index >= 15 is 0 Å². The van der Waals surface area contributed by atoms with Gasteiger partial charge >= 0.3 is 5.69 Å². The number of nitro groups is 1. The van der Waals surface area contributed by atoms with E-state index in [0.29, 0.717) is 11.6 Å². The van der Waals surface area contributed by atoms with Crippen molar-refractivity contribution in [2.24, 2.45) is 0 Å². The normalized spacial score (nSPS) is 10.2. The lowest BCUT2D eigenvalue weighted by Crippen LogP contribution is -2.20. The number of benzene rings is 2. The first-order valence-corrected chi connectivity index (χ1v) is 6.49. The number of amides is 1. The molecule has 0 aliphatic heterocycles. The second kappa shape index (κ2) is 6.82. The number of hydrogen-bond acceptors (Lipinski definition) is 4. The maximum Gasteiger partial charge on any atom is 0.311 e. The van der Waals surface area contributed by atoms with Gasteiger partial charge in [-0.2, -0.15) is 0 Å². The highest BCUT2D eigenvalue weighted by Gasteiger charge is 2.16. The molecule has 120 valence electrons. The molecule has 0 saturated heterocycles. The van der Waals surface area contributed by atoms with Crippen molar-refractivity contribution < 1.29 is 23.2 Å². The molecule has 2 aromatic rings. The van der Waals surface area contributed by atoms with Gasteiger partial charge in [0.2, 0.25) is 0 Å². The molecule has 0 radical (unpaired) electrons. The Kier molecular flexibility index (Phi) is 4.85. The standard InChI is InChI=1S/C15H12F2N2O4/c1-9-2-3-14(13(4-9)19(21)22)23-8-15(20)18-12-6-10(16)5-11(17)7-12/h2-7H,8H2,1H3,(H,18,20). The molecule has 2 aromatic carbocycles. The minimum Gasteiger partial charge on any atom is -0.477 e. The zero-order valence-corrected chi connectivity index (χ0v) is 12.0. The molecular formula is C15H12F2N2O4. The number of nitrogens with one attached hydrogen (secondary N) is 1. The number of halogens is 2. The summed E-state index contributed by atoms with van der Waals surface area (Å²) in [6.07, 6.45) is 0. The quantitative estimate of drug-likeness (QED) is 0.677. The van der Waals surface area contributed by atoms with E-state index in [2.05, 4.69) is 5.32 Å². The van der Waals surface area contributed by atoms with Gasteiger partial charge in [-0.1, -0.05) is 6.07 Å². The summed E-state index contributed by atoms with van der Waals surface area (Å²) >= 11 is 0. The summed E-state index contributed by atoms with van der Waals surface area (Å²) < 4.78 is 31.1. The minimum absolute atomic E-state index is 0.0684. The Bertz CT molecular complexity index is 745. The smallest absolute Gasteiger partial charge is 0.311 e. The van der Waals surface area contributed by atoms with Crippen molar-refractivity contribution >= 4 is 17.3 Å². The van der Waals surface area contributed by atoms with Gasteiger partial charge in [-0.25, -0.2) is 8.78 Å². The van der Waals surface area contributed by atoms with E-state index in [0.717, 1.165) is 12.1 Å². The number of nitro benzene ring substituents is 1. The number of aryl methyl sites for hydroxylation is 1. The summed E-state index contributed by atoms with van der Waals surface area (Å²) in [7, 11) is 0. The Morgan fingerprint density at radius 2 is 1.87 bits per heavy atom. The van der Waals surface area contributed by atoms with Crippen molar-refractivity contribution in [3.63, 3.8) is 0 Å². The van der Waals surface area contributed by atoms with Crippen LogP contribution in [0, 0.1) is 28.7 Å². The second-order valence-electron chi connectivity index (χ2n) is 4.72. The summed E-state index contributed by atoms with van der Waals surface area (Å²) in [5.41, 5.74) is 0.327. The zero-order valence-electron chi connectivity index (χ0n) is 12.0. The van der Waals surface area contributed by atoms with Crippen LogP contribution in [0.1, 0.15) is 5.56 Å². The highest BCUT2D eigenvalue weighted by atomic mass is 19.1. The van der Waals surface area contributed by atoms with E-state index < -0.39 is 29.1 Å². The lowest BCUT2D eigenvalue weighted by Gasteiger charge is -2.08. The minimum atomic E-state index is -0.838. The van der Waals surface area contributed by atoms with Crippen LogP contribution < -0.4 is 10.1 Å². The van der Waals surface area contributed by atoms with Gasteiger partial charge in [-0.3, -0.25) is 14.9 Å². The summed E-state index contributed by atoms with van der Waals surface area (Å²) in [4.78, 5) is 22.0. The molecule has 0 spiro atoms. The first-order valence-electron chi connectivity index (χ1n) is 6.49. The number of carbonyl (C=O) groups excluding carboxylic acids is 1. The van der Waals surface area contributed by atoms with Gasteiger partial charge in [-0.15, -0.1) is 0 Å². The third kappa shape index (κ3) is 4.47. The molecule has 0 aliphatic rings. The van der Waals surface area contributed by atoms with Crippen LogP contribution in [-0.4, -0.2) is 17.4 Å². The number of ether oxygens (including phenoxy) is 1. The Morgan fingerprint density at radius 3 is 2.48 bits per heavy atom. The first-order chi connectivity index (χ1) is 10.8. The van der Waals surface area contributed by atoms with Crippen LogP contribution in [0.15, 0.2) is 36.4 Å². The topological polar surface area (TPSA) is 81.5 Å². The number of anilines is 1. The van der Waals surface area contributed by atoms with Crippen molar-refractivity contribution in [2.75, 3.05) is 11.9 Å². The van der Waals surface area contributed by atoms with E-state index in [-0.39, 0.29) is 17.1 Å². The molecular weight excluding hydrogens is 310 g/mol. The highest BCUT2D eigenvalue weighted by molar-refractivity contribution is 5.91. The van der Waals surface area contributed by atoms with Crippen molar-refractivity contribution in [3.8, 4) is 5.75 Å². The maximum absolute atomic E-state index is 13.0. The van der Waals surface area contributed by atoms with Crippen LogP contribution in [0.5, 0.6) is 5.75 Å². The zero-order chi connectivity index (χ0) is 17.0. The van der Waals surface area contributed by atoms with Crippen molar-refractivity contribution in [3.05, 3.63) is 63.7 Å². The van der Waals surface area contributed by atoms with Gasteiger partial charge in [-0.05, 0) is 30.7 Å². The van der Waals surface area contributed by atoms with E-state index in [1.165, 1.54) is 12.1 Å². The monoisotopic (exact) mass is 322 g/mol. The van der Waals surface area contributed by atoms with Crippen LogP contribution in [0.25, 0.3) is 0 Å². The van der Waals surface area contributed by atoms with Crippen LogP contribution in [-0.2, 0) is 4.79 Å². The highest BCUT2D eigenvalue weighted by Crippen LogP contribution is 2.27. The van der Waals surface area contributed by atoms with E-state index in [1.54, 1.807) is 13.0 Å². The molecule has 6 nitrogen and oxygen atoms in total. The summed E-state index contributed by atoms with van der Waals surface area (Å²) in [5.74, 6) is -2.45. The molecule has 1 amide bonds. The van der Waals surface area contributed by atoms with Crippen LogP contribution in [0.2, 0.25) is 0 Å². The molecule has 0 atom stereocenters. The molecule has 0 heterocycles. The summed E-state index contributed by atoms with van der Waals surface area (Å²) in [6, 6.07) is 6.84. The molecule has 0 bridgehead atoms. The van der Waals surface area contributed by atoms with Crippen molar-refractivity contribution in [1.29, 1.82) is 0 Å². The lowest BCUT2D eigenvalue weighted by molar-refractivity contribution is -0.385.